The Morgan fingerprint density at radius 2 is 1.95 bits per heavy atom. The molecule has 1 amide bonds. The van der Waals surface area contributed by atoms with Crippen molar-refractivity contribution in [1.82, 2.24) is 4.90 Å². The van der Waals surface area contributed by atoms with E-state index < -0.39 is 0 Å². The maximum Gasteiger partial charge on any atom is 0.244 e. The van der Waals surface area contributed by atoms with Gasteiger partial charge in [0.25, 0.3) is 0 Å². The molecule has 1 N–H and O–H groups in total. The summed E-state index contributed by atoms with van der Waals surface area (Å²) < 4.78 is 0. The van der Waals surface area contributed by atoms with Gasteiger partial charge in [-0.25, -0.2) is 0 Å². The number of amides is 1. The highest BCUT2D eigenvalue weighted by atomic mass is 16.3. The van der Waals surface area contributed by atoms with Gasteiger partial charge in [0.1, 0.15) is 0 Å². The lowest BCUT2D eigenvalue weighted by Crippen LogP contribution is -2.48. The molecule has 1 aromatic rings. The van der Waals surface area contributed by atoms with E-state index in [0.717, 1.165) is 18.5 Å². The average Bonchev–Trinajstić information content (AvgIpc) is 3.32. The van der Waals surface area contributed by atoms with Crippen LogP contribution in [0.25, 0.3) is 0 Å². The summed E-state index contributed by atoms with van der Waals surface area (Å²) >= 11 is 0. The minimum Gasteiger partial charge on any atom is -0.392 e. The molecule has 2 rings (SSSR count). The van der Waals surface area contributed by atoms with E-state index in [4.69, 9.17) is 0 Å². The smallest absolute Gasteiger partial charge is 0.244 e. The number of aliphatic hydroxyl groups excluding tert-OH is 1. The lowest BCUT2D eigenvalue weighted by atomic mass is 10.1. The molecule has 1 aliphatic carbocycles. The molecular weight excluding hydrogens is 264 g/mol. The average molecular weight is 290 g/mol. The zero-order chi connectivity index (χ0) is 15.4. The van der Waals surface area contributed by atoms with E-state index in [9.17, 15) is 9.90 Å². The highest BCUT2D eigenvalue weighted by Crippen LogP contribution is 2.33. The highest BCUT2D eigenvalue weighted by Gasteiger charge is 2.32. The lowest BCUT2D eigenvalue weighted by molar-refractivity contribution is -0.123. The van der Waals surface area contributed by atoms with Gasteiger partial charge in [-0.3, -0.25) is 9.69 Å². The summed E-state index contributed by atoms with van der Waals surface area (Å²) in [5.41, 5.74) is 0.924. The van der Waals surface area contributed by atoms with Crippen LogP contribution in [0, 0.1) is 5.92 Å². The van der Waals surface area contributed by atoms with E-state index in [1.54, 1.807) is 4.90 Å². The summed E-state index contributed by atoms with van der Waals surface area (Å²) in [5, 5.41) is 10.0. The molecule has 21 heavy (non-hydrogen) atoms. The highest BCUT2D eigenvalue weighted by molar-refractivity contribution is 5.96. The van der Waals surface area contributed by atoms with Gasteiger partial charge in [0.2, 0.25) is 5.91 Å². The summed E-state index contributed by atoms with van der Waals surface area (Å²) in [6.07, 6.45) is 1.92. The number of para-hydroxylation sites is 1. The van der Waals surface area contributed by atoms with Crippen molar-refractivity contribution in [2.75, 3.05) is 25.0 Å². The van der Waals surface area contributed by atoms with Gasteiger partial charge in [0.15, 0.2) is 0 Å². The van der Waals surface area contributed by atoms with Crippen LogP contribution in [-0.4, -0.2) is 48.2 Å². The molecule has 0 aromatic heterocycles. The van der Waals surface area contributed by atoms with Crippen molar-refractivity contribution < 1.29 is 9.90 Å². The molecule has 0 heterocycles. The Morgan fingerprint density at radius 1 is 1.33 bits per heavy atom. The van der Waals surface area contributed by atoms with E-state index in [2.05, 4.69) is 0 Å². The Labute approximate surface area is 127 Å². The van der Waals surface area contributed by atoms with Gasteiger partial charge in [-0.1, -0.05) is 18.2 Å². The first-order valence-electron chi connectivity index (χ1n) is 7.79. The zero-order valence-electron chi connectivity index (χ0n) is 13.2. The standard InChI is InChI=1S/C17H26N2O2/c1-4-19(15-8-6-5-7-9-15)17(21)13(2)18(3)12-16(20)14-10-11-14/h5-9,13-14,16,20H,4,10-12H2,1-3H3. The number of hydrogen-bond acceptors (Lipinski definition) is 3. The molecule has 0 saturated heterocycles. The maximum absolute atomic E-state index is 12.7. The number of anilines is 1. The maximum atomic E-state index is 12.7. The first-order chi connectivity index (χ1) is 10.0. The van der Waals surface area contributed by atoms with Crippen LogP contribution in [0.4, 0.5) is 5.69 Å². The molecule has 0 aliphatic heterocycles. The quantitative estimate of drug-likeness (QED) is 0.836. The number of likely N-dealkylation sites (N-methyl/N-ethyl adjacent to an activating group) is 2. The number of carbonyl (C=O) groups excluding carboxylic acids is 1. The molecule has 2 atom stereocenters. The topological polar surface area (TPSA) is 43.8 Å². The molecule has 0 bridgehead atoms. The zero-order valence-corrected chi connectivity index (χ0v) is 13.2. The van der Waals surface area contributed by atoms with E-state index in [-0.39, 0.29) is 18.1 Å². The van der Waals surface area contributed by atoms with Crippen LogP contribution < -0.4 is 4.90 Å². The Hall–Kier alpha value is -1.39. The molecule has 2 unspecified atom stereocenters. The lowest BCUT2D eigenvalue weighted by Gasteiger charge is -2.31. The largest absolute Gasteiger partial charge is 0.392 e. The minimum absolute atomic E-state index is 0.0780. The molecule has 1 fully saturated rings. The van der Waals surface area contributed by atoms with Gasteiger partial charge < -0.3 is 10.0 Å². The van der Waals surface area contributed by atoms with Crippen molar-refractivity contribution >= 4 is 11.6 Å². The molecule has 1 aromatic carbocycles. The van der Waals surface area contributed by atoms with Crippen molar-refractivity contribution in [2.24, 2.45) is 5.92 Å². The predicted octanol–water partition coefficient (Wildman–Crippen LogP) is 2.13. The van der Waals surface area contributed by atoms with Crippen LogP contribution >= 0.6 is 0 Å². The van der Waals surface area contributed by atoms with Gasteiger partial charge in [0, 0.05) is 18.8 Å². The van der Waals surface area contributed by atoms with Crippen LogP contribution in [0.1, 0.15) is 26.7 Å². The molecular formula is C17H26N2O2. The Bertz CT molecular complexity index is 459. The third kappa shape index (κ3) is 4.05. The second kappa shape index (κ2) is 7.05. The van der Waals surface area contributed by atoms with E-state index >= 15 is 0 Å². The molecule has 0 spiro atoms. The van der Waals surface area contributed by atoms with Crippen LogP contribution in [0.5, 0.6) is 0 Å². The Morgan fingerprint density at radius 3 is 2.48 bits per heavy atom. The summed E-state index contributed by atoms with van der Waals surface area (Å²) in [5.74, 6) is 0.514. The van der Waals surface area contributed by atoms with Crippen molar-refractivity contribution in [3.8, 4) is 0 Å². The second-order valence-corrected chi connectivity index (χ2v) is 5.94. The monoisotopic (exact) mass is 290 g/mol. The predicted molar refractivity (Wildman–Crippen MR) is 85.3 cm³/mol. The second-order valence-electron chi connectivity index (χ2n) is 5.94. The normalized spacial score (nSPS) is 17.6. The first-order valence-corrected chi connectivity index (χ1v) is 7.79. The summed E-state index contributed by atoms with van der Waals surface area (Å²) in [6.45, 7) is 5.10. The van der Waals surface area contributed by atoms with E-state index in [0.29, 0.717) is 19.0 Å². The number of nitrogens with zero attached hydrogens (tertiary/aromatic N) is 2. The molecule has 0 radical (unpaired) electrons. The number of hydrogen-bond donors (Lipinski definition) is 1. The fourth-order valence-electron chi connectivity index (χ4n) is 2.57. The first kappa shape index (κ1) is 16.0. The van der Waals surface area contributed by atoms with E-state index in [1.165, 1.54) is 0 Å². The fourth-order valence-corrected chi connectivity index (χ4v) is 2.57. The number of aliphatic hydroxyl groups is 1. The van der Waals surface area contributed by atoms with Crippen molar-refractivity contribution in [2.45, 2.75) is 38.8 Å². The third-order valence-electron chi connectivity index (χ3n) is 4.31. The summed E-state index contributed by atoms with van der Waals surface area (Å²) in [4.78, 5) is 16.4. The molecule has 4 heteroatoms. The SMILES string of the molecule is CCN(C(=O)C(C)N(C)CC(O)C1CC1)c1ccccc1. The van der Waals surface area contributed by atoms with Crippen LogP contribution in [0.15, 0.2) is 30.3 Å². The summed E-state index contributed by atoms with van der Waals surface area (Å²) in [7, 11) is 1.91. The van der Waals surface area contributed by atoms with Crippen LogP contribution in [0.3, 0.4) is 0 Å². The van der Waals surface area contributed by atoms with Gasteiger partial charge in [-0.15, -0.1) is 0 Å². The molecule has 1 saturated carbocycles. The Balaban J connectivity index is 1.99. The van der Waals surface area contributed by atoms with Gasteiger partial charge in [-0.05, 0) is 51.8 Å². The van der Waals surface area contributed by atoms with E-state index in [1.807, 2.05) is 56.1 Å². The van der Waals surface area contributed by atoms with Crippen LogP contribution in [-0.2, 0) is 4.79 Å². The fraction of sp³-hybridized carbons (Fsp3) is 0.588. The van der Waals surface area contributed by atoms with Crippen molar-refractivity contribution in [3.05, 3.63) is 30.3 Å². The van der Waals surface area contributed by atoms with Crippen LogP contribution in [0.2, 0.25) is 0 Å². The van der Waals surface area contributed by atoms with Crippen molar-refractivity contribution in [3.63, 3.8) is 0 Å². The molecule has 4 nitrogen and oxygen atoms in total. The minimum atomic E-state index is -0.308. The molecule has 116 valence electrons. The van der Waals surface area contributed by atoms with Crippen molar-refractivity contribution in [1.29, 1.82) is 0 Å². The van der Waals surface area contributed by atoms with Gasteiger partial charge in [0.05, 0.1) is 12.1 Å². The third-order valence-corrected chi connectivity index (χ3v) is 4.31. The Kier molecular flexibility index (Phi) is 5.37. The molecule has 1 aliphatic rings. The van der Waals surface area contributed by atoms with Gasteiger partial charge >= 0.3 is 0 Å². The summed E-state index contributed by atoms with van der Waals surface area (Å²) in [6, 6.07) is 9.50. The number of carbonyl (C=O) groups is 1. The number of benzene rings is 1. The van der Waals surface area contributed by atoms with Gasteiger partial charge in [-0.2, -0.15) is 0 Å². The number of rotatable bonds is 7.